The number of fused-ring (bicyclic) bond motifs is 2. The Balaban J connectivity index is 1.41. The molecule has 0 unspecified atom stereocenters. The summed E-state index contributed by atoms with van der Waals surface area (Å²) in [7, 11) is 0. The third-order valence-corrected chi connectivity index (χ3v) is 7.14. The minimum Gasteiger partial charge on any atom is -0.508 e. The number of hydrogen-bond acceptors (Lipinski definition) is 6. The molecule has 2 fully saturated rings. The molecule has 8 heteroatoms. The van der Waals surface area contributed by atoms with Crippen LogP contribution < -0.4 is 5.32 Å². The topological polar surface area (TPSA) is 95.9 Å². The summed E-state index contributed by atoms with van der Waals surface area (Å²) in [6, 6.07) is 14.7. The zero-order valence-corrected chi connectivity index (χ0v) is 18.0. The van der Waals surface area contributed by atoms with Crippen LogP contribution in [0.1, 0.15) is 21.7 Å². The number of hydrogen-bond donors (Lipinski definition) is 2. The van der Waals surface area contributed by atoms with Crippen LogP contribution in [0.2, 0.25) is 0 Å². The standard InChI is InChI=1S/C24H22N2O5S/c27-16-7-5-14(6-8-16)11-17(24(30)26-10-9-19-22(26)18(28)13-31-19)25-23(29)21-12-15-3-1-2-4-20(15)32-21/h1-8,12,17,19,22,27H,9-11,13H2,(H,25,29)/t17-,19+,22+/m0/s1. The van der Waals surface area contributed by atoms with Crippen LogP contribution in [0.5, 0.6) is 5.75 Å². The van der Waals surface area contributed by atoms with Crippen LogP contribution in [0.3, 0.4) is 0 Å². The molecule has 0 saturated carbocycles. The number of carbonyl (C=O) groups excluding carboxylic acids is 3. The Morgan fingerprint density at radius 3 is 2.75 bits per heavy atom. The van der Waals surface area contributed by atoms with Crippen molar-refractivity contribution >= 4 is 39.0 Å². The van der Waals surface area contributed by atoms with E-state index in [-0.39, 0.29) is 42.5 Å². The lowest BCUT2D eigenvalue weighted by Crippen LogP contribution is -2.53. The molecule has 2 saturated heterocycles. The lowest BCUT2D eigenvalue weighted by atomic mass is 10.0. The first kappa shape index (κ1) is 20.7. The maximum Gasteiger partial charge on any atom is 0.262 e. The van der Waals surface area contributed by atoms with Gasteiger partial charge in [-0.1, -0.05) is 30.3 Å². The van der Waals surface area contributed by atoms with Crippen molar-refractivity contribution in [3.8, 4) is 5.75 Å². The van der Waals surface area contributed by atoms with Gasteiger partial charge >= 0.3 is 0 Å². The van der Waals surface area contributed by atoms with Crippen LogP contribution in [-0.2, 0) is 20.7 Å². The lowest BCUT2D eigenvalue weighted by Gasteiger charge is -2.27. The molecule has 0 radical (unpaired) electrons. The molecule has 5 rings (SSSR count). The summed E-state index contributed by atoms with van der Waals surface area (Å²) in [5, 5.41) is 13.4. The van der Waals surface area contributed by atoms with Crippen molar-refractivity contribution in [2.45, 2.75) is 31.0 Å². The number of Topliss-reactive ketones (excluding diaryl/α,β-unsaturated/α-hetero) is 1. The maximum atomic E-state index is 13.5. The number of amides is 2. The monoisotopic (exact) mass is 450 g/mol. The van der Waals surface area contributed by atoms with Gasteiger partial charge in [-0.25, -0.2) is 0 Å². The van der Waals surface area contributed by atoms with Gasteiger partial charge < -0.3 is 20.1 Å². The number of carbonyl (C=O) groups is 3. The zero-order chi connectivity index (χ0) is 22.2. The average Bonchev–Trinajstić information content (AvgIpc) is 3.50. The van der Waals surface area contributed by atoms with Gasteiger partial charge in [-0.05, 0) is 41.6 Å². The summed E-state index contributed by atoms with van der Waals surface area (Å²) < 4.78 is 6.50. The number of ketones is 1. The number of phenolic OH excluding ortho intramolecular Hbond substituents is 1. The van der Waals surface area contributed by atoms with Crippen molar-refractivity contribution in [1.29, 1.82) is 0 Å². The fourth-order valence-electron chi connectivity index (χ4n) is 4.43. The molecular formula is C24H22N2O5S. The Hall–Kier alpha value is -3.23. The fourth-order valence-corrected chi connectivity index (χ4v) is 5.40. The van der Waals surface area contributed by atoms with Crippen LogP contribution in [0.25, 0.3) is 10.1 Å². The summed E-state index contributed by atoms with van der Waals surface area (Å²) in [6.07, 6.45) is 0.593. The van der Waals surface area contributed by atoms with Crippen LogP contribution >= 0.6 is 11.3 Å². The summed E-state index contributed by atoms with van der Waals surface area (Å²) in [6.45, 7) is 0.445. The first-order valence-corrected chi connectivity index (χ1v) is 11.3. The van der Waals surface area contributed by atoms with Crippen molar-refractivity contribution < 1.29 is 24.2 Å². The summed E-state index contributed by atoms with van der Waals surface area (Å²) in [5.74, 6) is -0.589. The number of phenols is 1. The van der Waals surface area contributed by atoms with Crippen molar-refractivity contribution in [3.63, 3.8) is 0 Å². The van der Waals surface area contributed by atoms with E-state index in [1.807, 2.05) is 30.3 Å². The molecule has 32 heavy (non-hydrogen) atoms. The van der Waals surface area contributed by atoms with Crippen LogP contribution in [-0.4, -0.2) is 58.9 Å². The molecule has 0 spiro atoms. The molecule has 2 aliphatic rings. The molecule has 2 N–H and O–H groups in total. The highest BCUT2D eigenvalue weighted by atomic mass is 32.1. The molecule has 2 amide bonds. The minimum absolute atomic E-state index is 0.0237. The van der Waals surface area contributed by atoms with Crippen LogP contribution in [0.15, 0.2) is 54.6 Å². The number of nitrogens with zero attached hydrogens (tertiary/aromatic N) is 1. The molecule has 0 aliphatic carbocycles. The van der Waals surface area contributed by atoms with Crippen molar-refractivity contribution in [3.05, 3.63) is 65.0 Å². The van der Waals surface area contributed by atoms with E-state index in [2.05, 4.69) is 5.32 Å². The van der Waals surface area contributed by atoms with Crippen molar-refractivity contribution in [2.75, 3.05) is 13.2 Å². The van der Waals surface area contributed by atoms with E-state index in [0.29, 0.717) is 17.8 Å². The molecule has 7 nitrogen and oxygen atoms in total. The number of ether oxygens (including phenoxy) is 1. The van der Waals surface area contributed by atoms with Gasteiger partial charge in [0.15, 0.2) is 5.78 Å². The number of rotatable bonds is 5. The number of benzene rings is 2. The zero-order valence-electron chi connectivity index (χ0n) is 17.2. The van der Waals surface area contributed by atoms with Crippen LogP contribution in [0.4, 0.5) is 0 Å². The third kappa shape index (κ3) is 3.87. The van der Waals surface area contributed by atoms with Gasteiger partial charge in [-0.15, -0.1) is 11.3 Å². The number of likely N-dealkylation sites (tertiary alicyclic amines) is 1. The Kier molecular flexibility index (Phi) is 5.40. The van der Waals surface area contributed by atoms with Gasteiger partial charge in [0.25, 0.3) is 5.91 Å². The normalized spacial score (nSPS) is 21.0. The Morgan fingerprint density at radius 1 is 1.19 bits per heavy atom. The summed E-state index contributed by atoms with van der Waals surface area (Å²) >= 11 is 1.37. The Bertz CT molecular complexity index is 1160. The highest BCUT2D eigenvalue weighted by Gasteiger charge is 2.48. The van der Waals surface area contributed by atoms with Crippen molar-refractivity contribution in [2.24, 2.45) is 0 Å². The Morgan fingerprint density at radius 2 is 1.97 bits per heavy atom. The molecule has 3 aromatic rings. The van der Waals surface area contributed by atoms with Gasteiger partial charge in [0.05, 0.1) is 11.0 Å². The largest absolute Gasteiger partial charge is 0.508 e. The molecule has 1 aromatic heterocycles. The predicted molar refractivity (Wildman–Crippen MR) is 120 cm³/mol. The fraction of sp³-hybridized carbons (Fsp3) is 0.292. The van der Waals surface area contributed by atoms with Gasteiger partial charge in [0.1, 0.15) is 24.4 Å². The number of nitrogens with one attached hydrogen (secondary N) is 1. The van der Waals surface area contributed by atoms with E-state index in [4.69, 9.17) is 4.74 Å². The van der Waals surface area contributed by atoms with Crippen molar-refractivity contribution in [1.82, 2.24) is 10.2 Å². The molecule has 164 valence electrons. The molecule has 3 heterocycles. The van der Waals surface area contributed by atoms with E-state index in [1.54, 1.807) is 29.2 Å². The lowest BCUT2D eigenvalue weighted by molar-refractivity contribution is -0.138. The van der Waals surface area contributed by atoms with Gasteiger partial charge in [-0.3, -0.25) is 14.4 Å². The van der Waals surface area contributed by atoms with E-state index in [1.165, 1.54) is 11.3 Å². The predicted octanol–water partition coefficient (Wildman–Crippen LogP) is 2.52. The van der Waals surface area contributed by atoms with Gasteiger partial charge in [0.2, 0.25) is 5.91 Å². The van der Waals surface area contributed by atoms with Crippen LogP contribution in [0, 0.1) is 0 Å². The highest BCUT2D eigenvalue weighted by Crippen LogP contribution is 2.29. The first-order chi connectivity index (χ1) is 15.5. The molecule has 2 aliphatic heterocycles. The summed E-state index contributed by atoms with van der Waals surface area (Å²) in [4.78, 5) is 41.0. The quantitative estimate of drug-likeness (QED) is 0.623. The second-order valence-electron chi connectivity index (χ2n) is 8.13. The van der Waals surface area contributed by atoms with Gasteiger partial charge in [-0.2, -0.15) is 0 Å². The minimum atomic E-state index is -0.843. The first-order valence-electron chi connectivity index (χ1n) is 10.5. The highest BCUT2D eigenvalue weighted by molar-refractivity contribution is 7.20. The summed E-state index contributed by atoms with van der Waals surface area (Å²) in [5.41, 5.74) is 0.794. The average molecular weight is 451 g/mol. The Labute approximate surface area is 188 Å². The van der Waals surface area contributed by atoms with E-state index in [0.717, 1.165) is 15.6 Å². The smallest absolute Gasteiger partial charge is 0.262 e. The van der Waals surface area contributed by atoms with Gasteiger partial charge in [0, 0.05) is 17.7 Å². The number of thiophene rings is 1. The molecule has 3 atom stereocenters. The SMILES string of the molecule is O=C(N[C@@H](Cc1ccc(O)cc1)C(=O)N1CC[C@H]2OCC(=O)[C@H]21)c1cc2ccccc2s1. The second kappa shape index (κ2) is 8.37. The number of aromatic hydroxyl groups is 1. The second-order valence-corrected chi connectivity index (χ2v) is 9.21. The van der Waals surface area contributed by atoms with E-state index < -0.39 is 12.1 Å². The van der Waals surface area contributed by atoms with E-state index >= 15 is 0 Å². The molecule has 2 aromatic carbocycles. The third-order valence-electron chi connectivity index (χ3n) is 6.02. The molecule has 0 bridgehead atoms. The molecular weight excluding hydrogens is 428 g/mol. The van der Waals surface area contributed by atoms with E-state index in [9.17, 15) is 19.5 Å². The maximum absolute atomic E-state index is 13.5.